The zero-order valence-corrected chi connectivity index (χ0v) is 18.9. The van der Waals surface area contributed by atoms with Gasteiger partial charge < -0.3 is 10.2 Å². The lowest BCUT2D eigenvalue weighted by atomic mass is 9.82. The first kappa shape index (κ1) is 26.5. The van der Waals surface area contributed by atoms with E-state index in [-0.39, 0.29) is 13.3 Å². The molecule has 2 aromatic rings. The van der Waals surface area contributed by atoms with E-state index in [9.17, 15) is 4.79 Å². The van der Waals surface area contributed by atoms with Crippen molar-refractivity contribution in [1.82, 2.24) is 14.9 Å². The van der Waals surface area contributed by atoms with Crippen molar-refractivity contribution in [2.45, 2.75) is 60.8 Å². The number of nitrogens with one attached hydrogen (secondary N) is 1. The zero-order chi connectivity index (χ0) is 20.1. The Labute approximate surface area is 179 Å². The maximum absolute atomic E-state index is 11.3. The summed E-state index contributed by atoms with van der Waals surface area (Å²) in [6.07, 6.45) is 6.76. The van der Waals surface area contributed by atoms with Crippen molar-refractivity contribution in [3.05, 3.63) is 28.2 Å². The molecule has 2 aromatic heterocycles. The molecule has 1 saturated carbocycles. The minimum absolute atomic E-state index is 0. The van der Waals surface area contributed by atoms with Gasteiger partial charge in [-0.15, -0.1) is 22.7 Å². The summed E-state index contributed by atoms with van der Waals surface area (Å²) < 4.78 is 0. The van der Waals surface area contributed by atoms with Gasteiger partial charge in [0.2, 0.25) is 5.91 Å². The van der Waals surface area contributed by atoms with Gasteiger partial charge in [0.25, 0.3) is 0 Å². The molecule has 0 bridgehead atoms. The molecule has 1 amide bonds. The molecule has 0 aromatic carbocycles. The maximum atomic E-state index is 11.3. The van der Waals surface area contributed by atoms with E-state index in [0.717, 1.165) is 29.8 Å². The second-order valence-electron chi connectivity index (χ2n) is 6.64. The summed E-state index contributed by atoms with van der Waals surface area (Å²) >= 11 is 3.29. The van der Waals surface area contributed by atoms with Crippen molar-refractivity contribution >= 4 is 33.7 Å². The van der Waals surface area contributed by atoms with Crippen molar-refractivity contribution < 1.29 is 4.79 Å². The normalized spacial score (nSPS) is 17.8. The summed E-state index contributed by atoms with van der Waals surface area (Å²) in [5.74, 6) is 1.60. The highest BCUT2D eigenvalue weighted by Gasteiger charge is 2.22. The van der Waals surface area contributed by atoms with Gasteiger partial charge in [-0.1, -0.05) is 21.3 Å². The minimum atomic E-state index is 0. The Bertz CT molecular complexity index is 590. The highest BCUT2D eigenvalue weighted by Crippen LogP contribution is 2.29. The molecule has 0 aliphatic heterocycles. The number of amides is 1. The van der Waals surface area contributed by atoms with E-state index in [4.69, 9.17) is 0 Å². The van der Waals surface area contributed by atoms with Crippen molar-refractivity contribution in [3.8, 4) is 0 Å². The number of nitrogens with zero attached hydrogens (tertiary/aromatic N) is 3. The van der Waals surface area contributed by atoms with Crippen LogP contribution in [0, 0.1) is 18.8 Å². The quantitative estimate of drug-likeness (QED) is 0.641. The predicted molar refractivity (Wildman–Crippen MR) is 124 cm³/mol. The third-order valence-electron chi connectivity index (χ3n) is 4.54. The van der Waals surface area contributed by atoms with E-state index < -0.39 is 0 Å². The molecule has 0 unspecified atom stereocenters. The number of carbonyl (C=O) groups excluding carboxylic acids is 1. The molecule has 0 radical (unpaired) electrons. The van der Waals surface area contributed by atoms with Gasteiger partial charge in [0.15, 0.2) is 5.13 Å². The molecule has 3 rings (SSSR count). The Kier molecular flexibility index (Phi) is 14.6. The minimum Gasteiger partial charge on any atom is -0.361 e. The molecule has 7 heteroatoms. The number of rotatable bonds is 5. The lowest BCUT2D eigenvalue weighted by molar-refractivity contribution is -0.128. The lowest BCUT2D eigenvalue weighted by Crippen LogP contribution is -2.32. The summed E-state index contributed by atoms with van der Waals surface area (Å²) in [5.41, 5.74) is 2.88. The first-order valence-electron chi connectivity index (χ1n) is 9.74. The largest absolute Gasteiger partial charge is 0.361 e. The fraction of sp³-hybridized carbons (Fsp3) is 0.667. The second-order valence-corrected chi connectivity index (χ2v) is 8.25. The van der Waals surface area contributed by atoms with Crippen LogP contribution in [0.4, 0.5) is 5.13 Å². The number of hydrogen-bond acceptors (Lipinski definition) is 6. The van der Waals surface area contributed by atoms with E-state index in [1.165, 1.54) is 25.7 Å². The standard InChI is InChI=1S/C15H25N3OS.C3H3NS.C2H6.CH4/c1-11-10-20-15(17-11)16-8-13-4-6-14(7-5-13)9-18(3)12(2)19;1-2-5-3-4-1;1-2;/h10,13-14H,4-9H2,1-3H3,(H,16,17);1-3H;1-2H3;1H4. The Morgan fingerprint density at radius 1 is 1.25 bits per heavy atom. The lowest BCUT2D eigenvalue weighted by Gasteiger charge is -2.31. The number of thiazole rings is 2. The first-order chi connectivity index (χ1) is 13.0. The maximum Gasteiger partial charge on any atom is 0.219 e. The van der Waals surface area contributed by atoms with Crippen LogP contribution in [0.3, 0.4) is 0 Å². The SMILES string of the molecule is C.CC.CC(=O)N(C)CC1CCC(CNc2nc(C)cs2)CC1.c1cscn1. The molecule has 2 heterocycles. The Morgan fingerprint density at radius 2 is 1.89 bits per heavy atom. The molecule has 1 aliphatic carbocycles. The molecular weight excluding hydrogens is 388 g/mol. The summed E-state index contributed by atoms with van der Waals surface area (Å²) in [5, 5.41) is 8.51. The smallest absolute Gasteiger partial charge is 0.219 e. The van der Waals surface area contributed by atoms with Gasteiger partial charge in [-0.2, -0.15) is 0 Å². The van der Waals surface area contributed by atoms with Crippen LogP contribution in [0.5, 0.6) is 0 Å². The zero-order valence-electron chi connectivity index (χ0n) is 17.3. The summed E-state index contributed by atoms with van der Waals surface area (Å²) in [7, 11) is 1.90. The van der Waals surface area contributed by atoms with Crippen LogP contribution < -0.4 is 5.32 Å². The Morgan fingerprint density at radius 3 is 2.32 bits per heavy atom. The highest BCUT2D eigenvalue weighted by molar-refractivity contribution is 7.13. The molecule has 0 atom stereocenters. The molecule has 0 spiro atoms. The van der Waals surface area contributed by atoms with E-state index >= 15 is 0 Å². The van der Waals surface area contributed by atoms with Crippen LogP contribution in [0.25, 0.3) is 0 Å². The first-order valence-corrected chi connectivity index (χ1v) is 11.6. The molecule has 160 valence electrons. The number of anilines is 1. The molecule has 5 nitrogen and oxygen atoms in total. The van der Waals surface area contributed by atoms with Gasteiger partial charge in [0, 0.05) is 44.0 Å². The van der Waals surface area contributed by atoms with Crippen LogP contribution in [-0.2, 0) is 4.79 Å². The van der Waals surface area contributed by atoms with Crippen LogP contribution in [0.1, 0.15) is 59.6 Å². The van der Waals surface area contributed by atoms with E-state index in [2.05, 4.69) is 20.7 Å². The molecule has 0 saturated heterocycles. The summed E-state index contributed by atoms with van der Waals surface area (Å²) in [4.78, 5) is 21.3. The van der Waals surface area contributed by atoms with Crippen LogP contribution in [-0.4, -0.2) is 40.9 Å². The topological polar surface area (TPSA) is 58.1 Å². The molecule has 1 fully saturated rings. The number of carbonyl (C=O) groups is 1. The number of aryl methyl sites for hydroxylation is 1. The van der Waals surface area contributed by atoms with Crippen LogP contribution >= 0.6 is 22.7 Å². The molecule has 1 aliphatic rings. The number of hydrogen-bond donors (Lipinski definition) is 1. The molecular formula is C21H38N4OS2. The second kappa shape index (κ2) is 15.5. The summed E-state index contributed by atoms with van der Waals surface area (Å²) in [6.45, 7) is 9.62. The van der Waals surface area contributed by atoms with E-state index in [1.807, 2.05) is 38.1 Å². The van der Waals surface area contributed by atoms with Gasteiger partial charge >= 0.3 is 0 Å². The van der Waals surface area contributed by atoms with E-state index in [1.54, 1.807) is 41.3 Å². The molecule has 1 N–H and O–H groups in total. The van der Waals surface area contributed by atoms with Gasteiger partial charge in [0.05, 0.1) is 11.2 Å². The summed E-state index contributed by atoms with van der Waals surface area (Å²) in [6, 6.07) is 0. The van der Waals surface area contributed by atoms with Crippen LogP contribution in [0.2, 0.25) is 0 Å². The van der Waals surface area contributed by atoms with Crippen molar-refractivity contribution in [2.24, 2.45) is 11.8 Å². The van der Waals surface area contributed by atoms with Gasteiger partial charge in [-0.25, -0.2) is 4.98 Å². The Balaban J connectivity index is 0.000000778. The van der Waals surface area contributed by atoms with Crippen LogP contribution in [0.15, 0.2) is 22.5 Å². The monoisotopic (exact) mass is 426 g/mol. The van der Waals surface area contributed by atoms with Gasteiger partial charge in [0.1, 0.15) is 0 Å². The molecule has 28 heavy (non-hydrogen) atoms. The third kappa shape index (κ3) is 10.8. The van der Waals surface area contributed by atoms with Gasteiger partial charge in [-0.3, -0.25) is 9.78 Å². The fourth-order valence-electron chi connectivity index (χ4n) is 2.98. The van der Waals surface area contributed by atoms with Crippen molar-refractivity contribution in [3.63, 3.8) is 0 Å². The average molecular weight is 427 g/mol. The third-order valence-corrected chi connectivity index (χ3v) is 5.98. The van der Waals surface area contributed by atoms with Crippen molar-refractivity contribution in [1.29, 1.82) is 0 Å². The van der Waals surface area contributed by atoms with Gasteiger partial charge in [-0.05, 0) is 44.4 Å². The van der Waals surface area contributed by atoms with E-state index in [0.29, 0.717) is 5.92 Å². The van der Waals surface area contributed by atoms with Crippen molar-refractivity contribution in [2.75, 3.05) is 25.5 Å². The fourth-order valence-corrected chi connectivity index (χ4v) is 4.03. The Hall–Kier alpha value is -1.47. The average Bonchev–Trinajstić information content (AvgIpc) is 3.38. The number of aromatic nitrogens is 2. The predicted octanol–water partition coefficient (Wildman–Crippen LogP) is 5.95. The highest BCUT2D eigenvalue weighted by atomic mass is 32.1.